The summed E-state index contributed by atoms with van der Waals surface area (Å²) in [7, 11) is 1.95. The Morgan fingerprint density at radius 3 is 1.94 bits per heavy atom. The molecule has 0 unspecified atom stereocenters. The smallest absolute Gasteiger partial charge is 0.0700 e. The largest absolute Gasteiger partial charge is 0.379 e. The van der Waals surface area contributed by atoms with E-state index >= 15 is 0 Å². The molecule has 98 valence electrons. The van der Waals surface area contributed by atoms with Crippen molar-refractivity contribution in [1.29, 1.82) is 0 Å². The number of rotatable bonds is 12. The zero-order valence-corrected chi connectivity index (χ0v) is 11.1. The molecule has 0 aromatic rings. The molecule has 4 nitrogen and oxygen atoms in total. The molecule has 4 heteroatoms. The van der Waals surface area contributed by atoms with Gasteiger partial charge in [0.2, 0.25) is 0 Å². The zero-order valence-electron chi connectivity index (χ0n) is 11.1. The van der Waals surface area contributed by atoms with Gasteiger partial charge in [-0.2, -0.15) is 0 Å². The number of ether oxygens (including phenoxy) is 2. The second-order valence-corrected chi connectivity index (χ2v) is 4.14. The molecule has 0 bridgehead atoms. The molecule has 0 rings (SSSR count). The van der Waals surface area contributed by atoms with Crippen LogP contribution in [0.3, 0.4) is 0 Å². The Balaban J connectivity index is 2.88. The van der Waals surface area contributed by atoms with Gasteiger partial charge in [-0.15, -0.1) is 0 Å². The average Bonchev–Trinajstić information content (AvgIpc) is 2.25. The van der Waals surface area contributed by atoms with E-state index in [0.717, 1.165) is 39.1 Å². The lowest BCUT2D eigenvalue weighted by atomic mass is 10.3. The molecule has 0 atom stereocenters. The van der Waals surface area contributed by atoms with Crippen molar-refractivity contribution >= 4 is 0 Å². The van der Waals surface area contributed by atoms with Gasteiger partial charge in [0.25, 0.3) is 0 Å². The van der Waals surface area contributed by atoms with Crippen LogP contribution in [0.1, 0.15) is 26.7 Å². The molecule has 0 radical (unpaired) electrons. The van der Waals surface area contributed by atoms with Crippen LogP contribution in [0.5, 0.6) is 0 Å². The Labute approximate surface area is 100 Å². The fourth-order valence-corrected chi connectivity index (χ4v) is 1.24. The fourth-order valence-electron chi connectivity index (χ4n) is 1.24. The van der Waals surface area contributed by atoms with Crippen molar-refractivity contribution in [2.75, 3.05) is 46.6 Å². The van der Waals surface area contributed by atoms with E-state index in [0.29, 0.717) is 19.3 Å². The molecule has 0 aliphatic rings. The molecule has 0 amide bonds. The van der Waals surface area contributed by atoms with Crippen LogP contribution in [0.25, 0.3) is 0 Å². The Hall–Kier alpha value is -0.160. The van der Waals surface area contributed by atoms with Gasteiger partial charge < -0.3 is 20.1 Å². The van der Waals surface area contributed by atoms with E-state index in [1.54, 1.807) is 0 Å². The fraction of sp³-hybridized carbons (Fsp3) is 1.00. The Kier molecular flexibility index (Phi) is 12.8. The van der Waals surface area contributed by atoms with Crippen LogP contribution >= 0.6 is 0 Å². The first kappa shape index (κ1) is 15.8. The van der Waals surface area contributed by atoms with Crippen LogP contribution in [-0.2, 0) is 9.47 Å². The minimum absolute atomic E-state index is 0.565. The van der Waals surface area contributed by atoms with Crippen LogP contribution in [0.15, 0.2) is 0 Å². The third-order valence-corrected chi connectivity index (χ3v) is 2.11. The quantitative estimate of drug-likeness (QED) is 0.493. The van der Waals surface area contributed by atoms with Gasteiger partial charge >= 0.3 is 0 Å². The molecule has 2 N–H and O–H groups in total. The van der Waals surface area contributed by atoms with Crippen LogP contribution in [-0.4, -0.2) is 52.6 Å². The predicted octanol–water partition coefficient (Wildman–Crippen LogP) is 1.02. The summed E-state index contributed by atoms with van der Waals surface area (Å²) in [4.78, 5) is 0. The number of hydrogen-bond acceptors (Lipinski definition) is 4. The van der Waals surface area contributed by atoms with Crippen molar-refractivity contribution in [3.8, 4) is 0 Å². The molecule has 0 spiro atoms. The van der Waals surface area contributed by atoms with E-state index in [2.05, 4.69) is 24.5 Å². The summed E-state index contributed by atoms with van der Waals surface area (Å²) < 4.78 is 10.8. The highest BCUT2D eigenvalue weighted by molar-refractivity contribution is 4.51. The van der Waals surface area contributed by atoms with Crippen LogP contribution < -0.4 is 10.6 Å². The maximum absolute atomic E-state index is 5.44. The van der Waals surface area contributed by atoms with Gasteiger partial charge in [-0.05, 0) is 33.0 Å². The van der Waals surface area contributed by atoms with E-state index in [9.17, 15) is 0 Å². The molecule has 0 saturated carbocycles. The van der Waals surface area contributed by atoms with Crippen LogP contribution in [0, 0.1) is 0 Å². The Bertz CT molecular complexity index is 132. The lowest BCUT2D eigenvalue weighted by Crippen LogP contribution is -2.24. The molecule has 0 saturated heterocycles. The van der Waals surface area contributed by atoms with E-state index < -0.39 is 0 Å². The first-order valence-electron chi connectivity index (χ1n) is 6.31. The summed E-state index contributed by atoms with van der Waals surface area (Å²) in [6.07, 6.45) is 2.13. The standard InChI is InChI=1S/C12H28N2O2/c1-12(2)14-7-5-9-16-11-10-15-8-4-6-13-3/h12-14H,4-11H2,1-3H3. The number of nitrogens with one attached hydrogen (secondary N) is 2. The summed E-state index contributed by atoms with van der Waals surface area (Å²) in [6, 6.07) is 0.565. The molecule has 0 aromatic heterocycles. The van der Waals surface area contributed by atoms with Gasteiger partial charge in [0.15, 0.2) is 0 Å². The average molecular weight is 232 g/mol. The highest BCUT2D eigenvalue weighted by atomic mass is 16.5. The highest BCUT2D eigenvalue weighted by Gasteiger charge is 1.93. The van der Waals surface area contributed by atoms with Crippen molar-refractivity contribution in [3.05, 3.63) is 0 Å². The van der Waals surface area contributed by atoms with Gasteiger partial charge in [0, 0.05) is 19.3 Å². The third-order valence-electron chi connectivity index (χ3n) is 2.11. The second-order valence-electron chi connectivity index (χ2n) is 4.14. The maximum Gasteiger partial charge on any atom is 0.0700 e. The monoisotopic (exact) mass is 232 g/mol. The van der Waals surface area contributed by atoms with Gasteiger partial charge in [0.05, 0.1) is 13.2 Å². The zero-order chi connectivity index (χ0) is 12.1. The van der Waals surface area contributed by atoms with Gasteiger partial charge in [-0.3, -0.25) is 0 Å². The Morgan fingerprint density at radius 1 is 0.875 bits per heavy atom. The molecule has 0 aliphatic heterocycles. The first-order chi connectivity index (χ1) is 7.77. The van der Waals surface area contributed by atoms with Gasteiger partial charge in [0.1, 0.15) is 0 Å². The van der Waals surface area contributed by atoms with E-state index in [4.69, 9.17) is 9.47 Å². The van der Waals surface area contributed by atoms with E-state index in [1.165, 1.54) is 0 Å². The predicted molar refractivity (Wildman–Crippen MR) is 67.9 cm³/mol. The molecule has 0 fully saturated rings. The van der Waals surface area contributed by atoms with Crippen LogP contribution in [0.2, 0.25) is 0 Å². The second kappa shape index (κ2) is 12.9. The van der Waals surface area contributed by atoms with Crippen LogP contribution in [0.4, 0.5) is 0 Å². The van der Waals surface area contributed by atoms with E-state index in [-0.39, 0.29) is 0 Å². The first-order valence-corrected chi connectivity index (χ1v) is 6.31. The lowest BCUT2D eigenvalue weighted by molar-refractivity contribution is 0.0462. The molecule has 16 heavy (non-hydrogen) atoms. The minimum Gasteiger partial charge on any atom is -0.379 e. The Morgan fingerprint density at radius 2 is 1.44 bits per heavy atom. The number of hydrogen-bond donors (Lipinski definition) is 2. The topological polar surface area (TPSA) is 42.5 Å². The van der Waals surface area contributed by atoms with Gasteiger partial charge in [-0.25, -0.2) is 0 Å². The van der Waals surface area contributed by atoms with Crippen molar-refractivity contribution in [1.82, 2.24) is 10.6 Å². The molecular weight excluding hydrogens is 204 g/mol. The SMILES string of the molecule is CNCCCOCCOCCCNC(C)C. The maximum atomic E-state index is 5.44. The van der Waals surface area contributed by atoms with Crippen molar-refractivity contribution < 1.29 is 9.47 Å². The summed E-state index contributed by atoms with van der Waals surface area (Å²) >= 11 is 0. The van der Waals surface area contributed by atoms with Gasteiger partial charge in [-0.1, -0.05) is 13.8 Å². The minimum atomic E-state index is 0.565. The highest BCUT2D eigenvalue weighted by Crippen LogP contribution is 1.85. The van der Waals surface area contributed by atoms with E-state index in [1.807, 2.05) is 7.05 Å². The molecule has 0 heterocycles. The van der Waals surface area contributed by atoms with Crippen molar-refractivity contribution in [2.45, 2.75) is 32.7 Å². The molecule has 0 aromatic carbocycles. The third kappa shape index (κ3) is 13.8. The van der Waals surface area contributed by atoms with Crippen molar-refractivity contribution in [2.24, 2.45) is 0 Å². The summed E-state index contributed by atoms with van der Waals surface area (Å²) in [6.45, 7) is 9.41. The summed E-state index contributed by atoms with van der Waals surface area (Å²) in [5, 5.41) is 6.44. The molecule has 0 aliphatic carbocycles. The normalized spacial score (nSPS) is 11.2. The summed E-state index contributed by atoms with van der Waals surface area (Å²) in [5.41, 5.74) is 0. The lowest BCUT2D eigenvalue weighted by Gasteiger charge is -2.08. The van der Waals surface area contributed by atoms with Crippen molar-refractivity contribution in [3.63, 3.8) is 0 Å². The molecular formula is C12H28N2O2. The summed E-state index contributed by atoms with van der Waals surface area (Å²) in [5.74, 6) is 0.